The van der Waals surface area contributed by atoms with Crippen molar-refractivity contribution in [2.24, 2.45) is 0 Å². The third-order valence-corrected chi connectivity index (χ3v) is 6.48. The number of carbonyl (C=O) groups is 2. The second-order valence-corrected chi connectivity index (χ2v) is 10.4. The highest BCUT2D eigenvalue weighted by atomic mass is 16.6. The van der Waals surface area contributed by atoms with Crippen LogP contribution in [0.4, 0.5) is 4.79 Å². The van der Waals surface area contributed by atoms with E-state index in [2.05, 4.69) is 16.0 Å². The van der Waals surface area contributed by atoms with Crippen LogP contribution < -0.4 is 4.74 Å². The standard InChI is InChI=1S/C28H31N3O5/c1-17-5-7-22-20(13-17)18(15-29-22)14-24-25(33)19-6-8-23(32)21(26(19)35-24)16-30-9-11-31(12-10-30)27(34)36-28(2,3)4/h5-8,13-15,29,32H,9-12,16H2,1-4H3/b24-14-. The molecule has 0 saturated carbocycles. The van der Waals surface area contributed by atoms with Gasteiger partial charge in [-0.2, -0.15) is 0 Å². The Kier molecular flexibility index (Phi) is 6.00. The molecule has 1 aromatic heterocycles. The molecule has 8 heteroatoms. The van der Waals surface area contributed by atoms with Crippen molar-refractivity contribution in [3.63, 3.8) is 0 Å². The number of fused-ring (bicyclic) bond motifs is 2. The predicted octanol–water partition coefficient (Wildman–Crippen LogP) is 4.85. The number of rotatable bonds is 3. The van der Waals surface area contributed by atoms with E-state index in [0.717, 1.165) is 22.0 Å². The summed E-state index contributed by atoms with van der Waals surface area (Å²) in [7, 11) is 0. The largest absolute Gasteiger partial charge is 0.507 e. The number of Topliss-reactive ketones (excluding diaryl/α,β-unsaturated/α-hetero) is 1. The lowest BCUT2D eigenvalue weighted by molar-refractivity contribution is 0.0138. The summed E-state index contributed by atoms with van der Waals surface area (Å²) in [5.41, 5.74) is 3.46. The molecule has 0 unspecified atom stereocenters. The Hall–Kier alpha value is -3.78. The first kappa shape index (κ1) is 23.9. The molecular weight excluding hydrogens is 458 g/mol. The van der Waals surface area contributed by atoms with E-state index in [-0.39, 0.29) is 23.4 Å². The number of H-pyrrole nitrogens is 1. The van der Waals surface area contributed by atoms with Gasteiger partial charge in [-0.25, -0.2) is 4.79 Å². The monoisotopic (exact) mass is 489 g/mol. The van der Waals surface area contributed by atoms with Gasteiger partial charge in [0, 0.05) is 55.4 Å². The number of amides is 1. The van der Waals surface area contributed by atoms with Crippen molar-refractivity contribution in [3.8, 4) is 11.5 Å². The summed E-state index contributed by atoms with van der Waals surface area (Å²) in [6, 6.07) is 9.27. The topological polar surface area (TPSA) is 95.1 Å². The highest BCUT2D eigenvalue weighted by Crippen LogP contribution is 2.40. The van der Waals surface area contributed by atoms with Crippen molar-refractivity contribution < 1.29 is 24.2 Å². The number of hydrogen-bond donors (Lipinski definition) is 2. The smallest absolute Gasteiger partial charge is 0.410 e. The number of phenolic OH excluding ortho intramolecular Hbond substituents is 1. The van der Waals surface area contributed by atoms with Crippen LogP contribution in [0, 0.1) is 6.92 Å². The molecule has 1 fully saturated rings. The molecule has 2 aliphatic rings. The number of aromatic hydroxyl groups is 1. The highest BCUT2D eigenvalue weighted by molar-refractivity contribution is 6.15. The Labute approximate surface area is 210 Å². The molecule has 0 aliphatic carbocycles. The Morgan fingerprint density at radius 2 is 1.92 bits per heavy atom. The molecule has 0 spiro atoms. The summed E-state index contributed by atoms with van der Waals surface area (Å²) in [5.74, 6) is 0.508. The molecule has 36 heavy (non-hydrogen) atoms. The summed E-state index contributed by atoms with van der Waals surface area (Å²) in [5, 5.41) is 11.7. The maximum absolute atomic E-state index is 13.2. The highest BCUT2D eigenvalue weighted by Gasteiger charge is 2.33. The molecule has 2 N–H and O–H groups in total. The third-order valence-electron chi connectivity index (χ3n) is 6.48. The van der Waals surface area contributed by atoms with E-state index >= 15 is 0 Å². The summed E-state index contributed by atoms with van der Waals surface area (Å²) in [6.07, 6.45) is 3.29. The van der Waals surface area contributed by atoms with Crippen LogP contribution in [0.1, 0.15) is 47.8 Å². The van der Waals surface area contributed by atoms with Crippen LogP contribution in [0.5, 0.6) is 11.5 Å². The van der Waals surface area contributed by atoms with E-state index < -0.39 is 5.60 Å². The molecule has 0 atom stereocenters. The van der Waals surface area contributed by atoms with Crippen LogP contribution in [0.3, 0.4) is 0 Å². The lowest BCUT2D eigenvalue weighted by atomic mass is 10.0. The van der Waals surface area contributed by atoms with Gasteiger partial charge >= 0.3 is 6.09 Å². The Morgan fingerprint density at radius 3 is 2.64 bits per heavy atom. The fourth-order valence-corrected chi connectivity index (χ4v) is 4.60. The molecule has 2 aliphatic heterocycles. The SMILES string of the molecule is Cc1ccc2[nH]cc(/C=C3\Oc4c(ccc(O)c4CN4CCN(C(=O)OC(C)(C)C)CC4)C3=O)c2c1. The average Bonchev–Trinajstić information content (AvgIpc) is 3.36. The maximum Gasteiger partial charge on any atom is 0.410 e. The summed E-state index contributed by atoms with van der Waals surface area (Å²) in [4.78, 5) is 32.6. The number of piperazine rings is 1. The average molecular weight is 490 g/mol. The van der Waals surface area contributed by atoms with Crippen LogP contribution in [0.25, 0.3) is 17.0 Å². The fraction of sp³-hybridized carbons (Fsp3) is 0.357. The quantitative estimate of drug-likeness (QED) is 0.511. The second kappa shape index (κ2) is 9.02. The number of phenols is 1. The summed E-state index contributed by atoms with van der Waals surface area (Å²) < 4.78 is 11.5. The van der Waals surface area contributed by atoms with Gasteiger partial charge in [-0.3, -0.25) is 9.69 Å². The maximum atomic E-state index is 13.2. The number of ketones is 1. The van der Waals surface area contributed by atoms with Gasteiger partial charge in [0.05, 0.1) is 11.1 Å². The van der Waals surface area contributed by atoms with E-state index in [1.54, 1.807) is 23.1 Å². The van der Waals surface area contributed by atoms with Crippen molar-refractivity contribution in [1.82, 2.24) is 14.8 Å². The predicted molar refractivity (Wildman–Crippen MR) is 137 cm³/mol. The van der Waals surface area contributed by atoms with Crippen molar-refractivity contribution in [3.05, 3.63) is 64.5 Å². The Morgan fingerprint density at radius 1 is 1.17 bits per heavy atom. The van der Waals surface area contributed by atoms with Crippen LogP contribution >= 0.6 is 0 Å². The number of ether oxygens (including phenoxy) is 2. The summed E-state index contributed by atoms with van der Waals surface area (Å²) >= 11 is 0. The molecule has 3 aromatic rings. The zero-order valence-corrected chi connectivity index (χ0v) is 21.1. The number of benzene rings is 2. The van der Waals surface area contributed by atoms with Crippen molar-refractivity contribution >= 4 is 28.9 Å². The van der Waals surface area contributed by atoms with Gasteiger partial charge in [-0.05, 0) is 58.0 Å². The Bertz CT molecular complexity index is 1370. The number of nitrogens with one attached hydrogen (secondary N) is 1. The lowest BCUT2D eigenvalue weighted by Crippen LogP contribution is -2.49. The molecule has 1 saturated heterocycles. The molecule has 5 rings (SSSR count). The molecule has 188 valence electrons. The Balaban J connectivity index is 1.33. The molecule has 1 amide bonds. The number of aryl methyl sites for hydroxylation is 1. The minimum Gasteiger partial charge on any atom is -0.507 e. The van der Waals surface area contributed by atoms with Gasteiger partial charge in [0.1, 0.15) is 17.1 Å². The second-order valence-electron chi connectivity index (χ2n) is 10.4. The van der Waals surface area contributed by atoms with E-state index in [9.17, 15) is 14.7 Å². The number of allylic oxidation sites excluding steroid dienone is 1. The van der Waals surface area contributed by atoms with Crippen molar-refractivity contribution in [2.45, 2.75) is 39.8 Å². The molecule has 2 aromatic carbocycles. The van der Waals surface area contributed by atoms with E-state index in [1.807, 2.05) is 46.0 Å². The number of aromatic nitrogens is 1. The normalized spacial score (nSPS) is 17.5. The molecule has 0 bridgehead atoms. The number of carbonyl (C=O) groups excluding carboxylic acids is 2. The molecule has 3 heterocycles. The minimum atomic E-state index is -0.536. The van der Waals surface area contributed by atoms with Gasteiger partial charge in [0.2, 0.25) is 5.78 Å². The van der Waals surface area contributed by atoms with Crippen LogP contribution in [0.15, 0.2) is 42.3 Å². The van der Waals surface area contributed by atoms with Crippen molar-refractivity contribution in [1.29, 1.82) is 0 Å². The summed E-state index contributed by atoms with van der Waals surface area (Å²) in [6.45, 7) is 10.3. The molecule has 0 radical (unpaired) electrons. The van der Waals surface area contributed by atoms with Gasteiger partial charge in [0.25, 0.3) is 0 Å². The van der Waals surface area contributed by atoms with Gasteiger partial charge in [-0.15, -0.1) is 0 Å². The van der Waals surface area contributed by atoms with E-state index in [4.69, 9.17) is 9.47 Å². The number of nitrogens with zero attached hydrogens (tertiary/aromatic N) is 2. The third kappa shape index (κ3) is 4.68. The lowest BCUT2D eigenvalue weighted by Gasteiger charge is -2.35. The zero-order chi connectivity index (χ0) is 25.6. The first-order valence-electron chi connectivity index (χ1n) is 12.2. The fourth-order valence-electron chi connectivity index (χ4n) is 4.60. The van der Waals surface area contributed by atoms with Gasteiger partial charge in [-0.1, -0.05) is 11.6 Å². The number of aromatic amines is 1. The number of hydrogen-bond acceptors (Lipinski definition) is 6. The first-order chi connectivity index (χ1) is 17.1. The van der Waals surface area contributed by atoms with Crippen LogP contribution in [-0.4, -0.2) is 63.5 Å². The first-order valence-corrected chi connectivity index (χ1v) is 12.2. The minimum absolute atomic E-state index is 0.0834. The zero-order valence-electron chi connectivity index (χ0n) is 21.1. The van der Waals surface area contributed by atoms with Gasteiger partial charge in [0.15, 0.2) is 5.76 Å². The van der Waals surface area contributed by atoms with Crippen LogP contribution in [0.2, 0.25) is 0 Å². The van der Waals surface area contributed by atoms with Crippen molar-refractivity contribution in [2.75, 3.05) is 26.2 Å². The molecule has 8 nitrogen and oxygen atoms in total. The van der Waals surface area contributed by atoms with Gasteiger partial charge < -0.3 is 24.5 Å². The van der Waals surface area contributed by atoms with E-state index in [1.165, 1.54) is 0 Å². The van der Waals surface area contributed by atoms with E-state index in [0.29, 0.717) is 49.6 Å². The molecular formula is C28H31N3O5. The van der Waals surface area contributed by atoms with Crippen LogP contribution in [-0.2, 0) is 11.3 Å².